The average molecular weight is 334 g/mol. The Morgan fingerprint density at radius 2 is 2.06 bits per heavy atom. The van der Waals surface area contributed by atoms with Crippen molar-refractivity contribution in [3.63, 3.8) is 0 Å². The summed E-state index contributed by atoms with van der Waals surface area (Å²) < 4.78 is 64.7. The summed E-state index contributed by atoms with van der Waals surface area (Å²) >= 11 is 2.84. The summed E-state index contributed by atoms with van der Waals surface area (Å²) in [6, 6.07) is 0.709. The van der Waals surface area contributed by atoms with Crippen LogP contribution in [0.15, 0.2) is 6.07 Å². The quantitative estimate of drug-likeness (QED) is 0.480. The number of alkyl halides is 6. The number of aromatic nitrogens is 1. The van der Waals surface area contributed by atoms with Crippen LogP contribution in [0.4, 0.5) is 22.0 Å². The molecule has 18 heavy (non-hydrogen) atoms. The lowest BCUT2D eigenvalue weighted by Gasteiger charge is -2.13. The standard InChI is InChI=1S/C9H5BrF5NO2/c10-2-4-1-6(18-9(13,14)15)5(3-17)16-7(4)8(11)12/h1,3,8H,2H2. The molecule has 1 aromatic rings. The van der Waals surface area contributed by atoms with Gasteiger partial charge in [0.15, 0.2) is 12.0 Å². The molecule has 0 aliphatic rings. The average Bonchev–Trinajstić information content (AvgIpc) is 2.25. The lowest BCUT2D eigenvalue weighted by atomic mass is 10.2. The highest BCUT2D eigenvalue weighted by Crippen LogP contribution is 2.31. The summed E-state index contributed by atoms with van der Waals surface area (Å²) in [5, 5.41) is -0.146. The lowest BCUT2D eigenvalue weighted by molar-refractivity contribution is -0.274. The third-order valence-corrected chi connectivity index (χ3v) is 2.42. The van der Waals surface area contributed by atoms with Crippen LogP contribution >= 0.6 is 15.9 Å². The minimum absolute atomic E-state index is 0.0784. The first-order valence-electron chi connectivity index (χ1n) is 4.37. The van der Waals surface area contributed by atoms with Crippen molar-refractivity contribution in [2.24, 2.45) is 0 Å². The zero-order chi connectivity index (χ0) is 13.9. The van der Waals surface area contributed by atoms with Crippen LogP contribution in [-0.2, 0) is 5.33 Å². The number of pyridine rings is 1. The predicted molar refractivity (Wildman–Crippen MR) is 53.9 cm³/mol. The van der Waals surface area contributed by atoms with E-state index >= 15 is 0 Å². The molecule has 3 nitrogen and oxygen atoms in total. The molecule has 0 atom stereocenters. The maximum absolute atomic E-state index is 12.5. The van der Waals surface area contributed by atoms with Gasteiger partial charge in [0, 0.05) is 5.33 Å². The number of nitrogens with zero attached hydrogens (tertiary/aromatic N) is 1. The number of hydrogen-bond donors (Lipinski definition) is 0. The van der Waals surface area contributed by atoms with Crippen LogP contribution in [0.2, 0.25) is 0 Å². The van der Waals surface area contributed by atoms with E-state index in [-0.39, 0.29) is 17.2 Å². The smallest absolute Gasteiger partial charge is 0.403 e. The van der Waals surface area contributed by atoms with E-state index in [9.17, 15) is 26.7 Å². The van der Waals surface area contributed by atoms with Gasteiger partial charge in [-0.25, -0.2) is 13.8 Å². The molecule has 0 radical (unpaired) electrons. The van der Waals surface area contributed by atoms with E-state index in [0.717, 1.165) is 0 Å². The Labute approximate surface area is 106 Å². The van der Waals surface area contributed by atoms with Gasteiger partial charge in [-0.3, -0.25) is 4.79 Å². The molecule has 1 rings (SSSR count). The Morgan fingerprint density at radius 3 is 2.44 bits per heavy atom. The normalized spacial score (nSPS) is 11.7. The zero-order valence-electron chi connectivity index (χ0n) is 8.47. The van der Waals surface area contributed by atoms with Gasteiger partial charge in [-0.15, -0.1) is 13.2 Å². The van der Waals surface area contributed by atoms with Gasteiger partial charge in [0.2, 0.25) is 0 Å². The van der Waals surface area contributed by atoms with Crippen LogP contribution in [0.25, 0.3) is 0 Å². The van der Waals surface area contributed by atoms with Crippen LogP contribution in [0.5, 0.6) is 5.75 Å². The molecule has 0 saturated heterocycles. The van der Waals surface area contributed by atoms with Crippen molar-refractivity contribution in [2.45, 2.75) is 18.1 Å². The van der Waals surface area contributed by atoms with Gasteiger partial charge in [-0.2, -0.15) is 0 Å². The summed E-state index contributed by atoms with van der Waals surface area (Å²) in [7, 11) is 0. The molecule has 9 heteroatoms. The van der Waals surface area contributed by atoms with Crippen LogP contribution < -0.4 is 4.74 Å². The Kier molecular flexibility index (Phi) is 4.60. The van der Waals surface area contributed by atoms with Gasteiger partial charge in [-0.05, 0) is 11.6 Å². The second-order valence-corrected chi connectivity index (χ2v) is 3.58. The summed E-state index contributed by atoms with van der Waals surface area (Å²) in [6.07, 6.45) is -8.11. The minimum atomic E-state index is -5.03. The summed E-state index contributed by atoms with van der Waals surface area (Å²) in [6.45, 7) is 0. The van der Waals surface area contributed by atoms with E-state index in [1.807, 2.05) is 0 Å². The van der Waals surface area contributed by atoms with Crippen molar-refractivity contribution in [2.75, 3.05) is 0 Å². The minimum Gasteiger partial charge on any atom is -0.403 e. The number of halogens is 6. The molecule has 0 unspecified atom stereocenters. The molecule has 0 N–H and O–H groups in total. The molecule has 1 heterocycles. The third kappa shape index (κ3) is 3.62. The largest absolute Gasteiger partial charge is 0.573 e. The summed E-state index contributed by atoms with van der Waals surface area (Å²) in [4.78, 5) is 13.7. The fraction of sp³-hybridized carbons (Fsp3) is 0.333. The Balaban J connectivity index is 3.30. The van der Waals surface area contributed by atoms with Gasteiger partial charge >= 0.3 is 6.36 Å². The van der Waals surface area contributed by atoms with E-state index in [1.54, 1.807) is 0 Å². The van der Waals surface area contributed by atoms with Gasteiger partial charge in [0.05, 0.1) is 0 Å². The molecule has 0 saturated carbocycles. The number of rotatable bonds is 4. The van der Waals surface area contributed by atoms with Crippen molar-refractivity contribution in [1.29, 1.82) is 0 Å². The van der Waals surface area contributed by atoms with E-state index in [2.05, 4.69) is 25.7 Å². The SMILES string of the molecule is O=Cc1nc(C(F)F)c(CBr)cc1OC(F)(F)F. The zero-order valence-corrected chi connectivity index (χ0v) is 10.1. The van der Waals surface area contributed by atoms with E-state index < -0.39 is 29.9 Å². The maximum atomic E-state index is 12.5. The van der Waals surface area contributed by atoms with Crippen molar-refractivity contribution < 1.29 is 31.5 Å². The molecule has 1 aromatic heterocycles. The van der Waals surface area contributed by atoms with Crippen molar-refractivity contribution in [3.05, 3.63) is 23.0 Å². The highest BCUT2D eigenvalue weighted by atomic mass is 79.9. The summed E-state index contributed by atoms with van der Waals surface area (Å²) in [5.41, 5.74) is -1.77. The van der Waals surface area contributed by atoms with Crippen molar-refractivity contribution in [3.8, 4) is 5.75 Å². The molecule has 0 aliphatic heterocycles. The first-order valence-corrected chi connectivity index (χ1v) is 5.49. The second-order valence-electron chi connectivity index (χ2n) is 3.02. The fourth-order valence-corrected chi connectivity index (χ4v) is 1.60. The third-order valence-electron chi connectivity index (χ3n) is 1.82. The lowest BCUT2D eigenvalue weighted by Crippen LogP contribution is -2.19. The molecule has 0 amide bonds. The first kappa shape index (κ1) is 14.8. The number of hydrogen-bond acceptors (Lipinski definition) is 3. The molecule has 0 aliphatic carbocycles. The Morgan fingerprint density at radius 1 is 1.44 bits per heavy atom. The fourth-order valence-electron chi connectivity index (χ4n) is 1.15. The molecular formula is C9H5BrF5NO2. The van der Waals surface area contributed by atoms with Crippen LogP contribution in [0.1, 0.15) is 28.2 Å². The molecule has 0 bridgehead atoms. The van der Waals surface area contributed by atoms with Crippen molar-refractivity contribution >= 4 is 22.2 Å². The Hall–Kier alpha value is -1.25. The van der Waals surface area contributed by atoms with E-state index in [1.165, 1.54) is 0 Å². The van der Waals surface area contributed by atoms with E-state index in [0.29, 0.717) is 6.07 Å². The highest BCUT2D eigenvalue weighted by Gasteiger charge is 2.33. The van der Waals surface area contributed by atoms with Gasteiger partial charge in [-0.1, -0.05) is 15.9 Å². The monoisotopic (exact) mass is 333 g/mol. The van der Waals surface area contributed by atoms with Gasteiger partial charge in [0.25, 0.3) is 6.43 Å². The summed E-state index contributed by atoms with van der Waals surface area (Å²) in [5.74, 6) is -0.906. The number of carbonyl (C=O) groups is 1. The van der Waals surface area contributed by atoms with Crippen LogP contribution in [0, 0.1) is 0 Å². The van der Waals surface area contributed by atoms with Gasteiger partial charge < -0.3 is 4.74 Å². The predicted octanol–water partition coefficient (Wildman–Crippen LogP) is 3.63. The second kappa shape index (κ2) is 5.59. The van der Waals surface area contributed by atoms with Crippen molar-refractivity contribution in [1.82, 2.24) is 4.98 Å². The first-order chi connectivity index (χ1) is 8.28. The topological polar surface area (TPSA) is 39.2 Å². The number of ether oxygens (including phenoxy) is 1. The molecule has 100 valence electrons. The highest BCUT2D eigenvalue weighted by molar-refractivity contribution is 9.08. The molecule has 0 aromatic carbocycles. The number of aldehydes is 1. The molecule has 0 spiro atoms. The van der Waals surface area contributed by atoms with Crippen LogP contribution in [-0.4, -0.2) is 17.6 Å². The molecule has 0 fully saturated rings. The maximum Gasteiger partial charge on any atom is 0.573 e. The van der Waals surface area contributed by atoms with Gasteiger partial charge in [0.1, 0.15) is 11.4 Å². The van der Waals surface area contributed by atoms with E-state index in [4.69, 9.17) is 0 Å². The van der Waals surface area contributed by atoms with Crippen LogP contribution in [0.3, 0.4) is 0 Å². The number of carbonyl (C=O) groups excluding carboxylic acids is 1. The molecular weight excluding hydrogens is 329 g/mol. The Bertz CT molecular complexity index is 449.